The van der Waals surface area contributed by atoms with Crippen molar-refractivity contribution in [1.29, 1.82) is 0 Å². The van der Waals surface area contributed by atoms with Crippen LogP contribution in [0.5, 0.6) is 0 Å². The fourth-order valence-electron chi connectivity index (χ4n) is 1.60. The van der Waals surface area contributed by atoms with E-state index in [-0.39, 0.29) is 38.0 Å². The SMILES string of the molecule is CNc1cnn(-c2cccc(C(F)(F)F)c2)c(=O)c1Cl.[PbH2]. The van der Waals surface area contributed by atoms with Crippen molar-refractivity contribution >= 4 is 44.6 Å². The molecule has 0 saturated carbocycles. The first-order chi connectivity index (χ1) is 9.34. The van der Waals surface area contributed by atoms with Crippen molar-refractivity contribution in [3.63, 3.8) is 0 Å². The molecule has 0 aliphatic heterocycles. The first-order valence-corrected chi connectivity index (χ1v) is 5.85. The number of hydrogen-bond donors (Lipinski definition) is 1. The van der Waals surface area contributed by atoms with E-state index in [0.717, 1.165) is 16.8 Å². The average Bonchev–Trinajstić information content (AvgIpc) is 2.41. The zero-order valence-electron chi connectivity index (χ0n) is 10.9. The molecule has 4 nitrogen and oxygen atoms in total. The second-order valence-corrected chi connectivity index (χ2v) is 4.27. The molecular formula is C12H11ClF3N3OPb. The van der Waals surface area contributed by atoms with E-state index in [2.05, 4.69) is 10.4 Å². The molecule has 112 valence electrons. The molecule has 0 aliphatic rings. The van der Waals surface area contributed by atoms with E-state index in [1.165, 1.54) is 18.3 Å². The molecule has 0 saturated heterocycles. The maximum atomic E-state index is 12.6. The van der Waals surface area contributed by atoms with Crippen LogP contribution < -0.4 is 10.9 Å². The monoisotopic (exact) mass is 513 g/mol. The summed E-state index contributed by atoms with van der Waals surface area (Å²) >= 11 is 5.82. The molecule has 0 atom stereocenters. The van der Waals surface area contributed by atoms with Crippen LogP contribution in [0, 0.1) is 0 Å². The third-order valence-electron chi connectivity index (χ3n) is 2.61. The minimum absolute atomic E-state index is 0. The number of nitrogens with one attached hydrogen (secondary N) is 1. The van der Waals surface area contributed by atoms with Crippen molar-refractivity contribution in [2.45, 2.75) is 6.18 Å². The molecule has 0 aliphatic carbocycles. The van der Waals surface area contributed by atoms with Gasteiger partial charge in [-0.05, 0) is 18.2 Å². The normalized spacial score (nSPS) is 10.9. The van der Waals surface area contributed by atoms with Crippen LogP contribution in [0.2, 0.25) is 5.02 Å². The minimum atomic E-state index is -4.49. The molecule has 1 heterocycles. The van der Waals surface area contributed by atoms with Gasteiger partial charge in [0.2, 0.25) is 0 Å². The molecule has 0 fully saturated rings. The van der Waals surface area contributed by atoms with Gasteiger partial charge in [0.05, 0.1) is 23.1 Å². The van der Waals surface area contributed by atoms with E-state index < -0.39 is 17.3 Å². The Hall–Kier alpha value is -1.10. The molecule has 2 radical (unpaired) electrons. The first kappa shape index (κ1) is 18.0. The molecule has 2 rings (SSSR count). The molecule has 1 aromatic carbocycles. The topological polar surface area (TPSA) is 46.9 Å². The molecular weight excluding hydrogens is 502 g/mol. The van der Waals surface area contributed by atoms with Gasteiger partial charge in [-0.25, -0.2) is 0 Å². The van der Waals surface area contributed by atoms with Crippen molar-refractivity contribution in [2.24, 2.45) is 0 Å². The molecule has 0 spiro atoms. The Balaban J connectivity index is 0.00000220. The van der Waals surface area contributed by atoms with Gasteiger partial charge in [-0.15, -0.1) is 0 Å². The Kier molecular flexibility index (Phi) is 5.79. The van der Waals surface area contributed by atoms with E-state index in [1.807, 2.05) is 0 Å². The Morgan fingerprint density at radius 3 is 2.57 bits per heavy atom. The molecule has 0 amide bonds. The van der Waals surface area contributed by atoms with Crippen molar-refractivity contribution in [2.75, 3.05) is 12.4 Å². The molecule has 0 unspecified atom stereocenters. The molecule has 1 aromatic heterocycles. The Morgan fingerprint density at radius 2 is 2.00 bits per heavy atom. The summed E-state index contributed by atoms with van der Waals surface area (Å²) in [5, 5.41) is 6.32. The maximum absolute atomic E-state index is 12.6. The number of nitrogens with zero attached hydrogens (tertiary/aromatic N) is 2. The van der Waals surface area contributed by atoms with Gasteiger partial charge in [0.1, 0.15) is 5.02 Å². The summed E-state index contributed by atoms with van der Waals surface area (Å²) in [6, 6.07) is 4.30. The summed E-state index contributed by atoms with van der Waals surface area (Å²) in [5.74, 6) is 0. The standard InChI is InChI=1S/C12H9ClF3N3O.Pb.2H/c1-17-9-6-18-19(11(20)10(9)13)8-4-2-3-7(5-8)12(14,15)16;;;/h2-6,17H,1H3;;;. The summed E-state index contributed by atoms with van der Waals surface area (Å²) in [5.41, 5.74) is -1.26. The van der Waals surface area contributed by atoms with Crippen molar-refractivity contribution in [3.05, 3.63) is 51.4 Å². The van der Waals surface area contributed by atoms with E-state index in [9.17, 15) is 18.0 Å². The van der Waals surface area contributed by atoms with Crippen LogP contribution in [0.15, 0.2) is 35.3 Å². The number of benzene rings is 1. The van der Waals surface area contributed by atoms with Crippen LogP contribution in [0.1, 0.15) is 5.56 Å². The summed E-state index contributed by atoms with van der Waals surface area (Å²) in [4.78, 5) is 12.0. The van der Waals surface area contributed by atoms with E-state index >= 15 is 0 Å². The van der Waals surface area contributed by atoms with E-state index in [4.69, 9.17) is 11.6 Å². The molecule has 21 heavy (non-hydrogen) atoms. The average molecular weight is 513 g/mol. The zero-order chi connectivity index (χ0) is 14.9. The third-order valence-corrected chi connectivity index (χ3v) is 2.97. The summed E-state index contributed by atoms with van der Waals surface area (Å²) < 4.78 is 38.7. The molecule has 9 heteroatoms. The predicted octanol–water partition coefficient (Wildman–Crippen LogP) is 2.03. The van der Waals surface area contributed by atoms with Gasteiger partial charge < -0.3 is 5.32 Å². The van der Waals surface area contributed by atoms with Gasteiger partial charge in [-0.3, -0.25) is 4.79 Å². The van der Waals surface area contributed by atoms with Gasteiger partial charge in [0, 0.05) is 7.05 Å². The number of anilines is 1. The second-order valence-electron chi connectivity index (χ2n) is 3.89. The Bertz CT molecular complexity index is 703. The van der Waals surface area contributed by atoms with Crippen LogP contribution in [0.4, 0.5) is 18.9 Å². The van der Waals surface area contributed by atoms with Crippen molar-refractivity contribution in [1.82, 2.24) is 9.78 Å². The Labute approximate surface area is 143 Å². The number of aromatic nitrogens is 2. The number of hydrogen-bond acceptors (Lipinski definition) is 3. The first-order valence-electron chi connectivity index (χ1n) is 5.48. The van der Waals surface area contributed by atoms with Crippen LogP contribution >= 0.6 is 11.6 Å². The van der Waals surface area contributed by atoms with Crippen molar-refractivity contribution < 1.29 is 13.2 Å². The van der Waals surface area contributed by atoms with Crippen molar-refractivity contribution in [3.8, 4) is 5.69 Å². The van der Waals surface area contributed by atoms with Gasteiger partial charge in [0.15, 0.2) is 0 Å². The third kappa shape index (κ3) is 3.76. The van der Waals surface area contributed by atoms with E-state index in [1.54, 1.807) is 7.05 Å². The Morgan fingerprint density at radius 1 is 1.33 bits per heavy atom. The van der Waals surface area contributed by atoms with Crippen LogP contribution in [-0.4, -0.2) is 44.1 Å². The summed E-state index contributed by atoms with van der Waals surface area (Å²) in [6.07, 6.45) is -3.22. The zero-order valence-corrected chi connectivity index (χ0v) is 17.2. The van der Waals surface area contributed by atoms with Gasteiger partial charge in [-0.2, -0.15) is 23.0 Å². The summed E-state index contributed by atoms with van der Waals surface area (Å²) in [6.45, 7) is 0. The number of rotatable bonds is 2. The van der Waals surface area contributed by atoms with Gasteiger partial charge in [0.25, 0.3) is 5.56 Å². The number of alkyl halides is 3. The molecule has 1 N–H and O–H groups in total. The van der Waals surface area contributed by atoms with Crippen LogP contribution in [0.25, 0.3) is 5.69 Å². The fourth-order valence-corrected chi connectivity index (χ4v) is 1.83. The van der Waals surface area contributed by atoms with Crippen LogP contribution in [-0.2, 0) is 6.18 Å². The summed E-state index contributed by atoms with van der Waals surface area (Å²) in [7, 11) is 1.55. The second kappa shape index (κ2) is 6.78. The predicted molar refractivity (Wildman–Crippen MR) is 77.9 cm³/mol. The number of halogens is 4. The molecule has 2 aromatic rings. The molecule has 0 bridgehead atoms. The fraction of sp³-hybridized carbons (Fsp3) is 0.167. The van der Waals surface area contributed by atoms with Crippen LogP contribution in [0.3, 0.4) is 0 Å². The van der Waals surface area contributed by atoms with Gasteiger partial charge in [-0.1, -0.05) is 17.7 Å². The van der Waals surface area contributed by atoms with Gasteiger partial charge >= 0.3 is 33.5 Å². The van der Waals surface area contributed by atoms with E-state index in [0.29, 0.717) is 5.69 Å². The quantitative estimate of drug-likeness (QED) is 0.627.